The van der Waals surface area contributed by atoms with Crippen molar-refractivity contribution in [2.45, 2.75) is 12.8 Å². The molecule has 31 heavy (non-hydrogen) atoms. The molecular weight excluding hydrogens is 447 g/mol. The summed E-state index contributed by atoms with van der Waals surface area (Å²) in [5.74, 6) is 1.56. The van der Waals surface area contributed by atoms with E-state index in [1.165, 1.54) is 21.3 Å². The lowest BCUT2D eigenvalue weighted by Crippen LogP contribution is -2.21. The zero-order chi connectivity index (χ0) is 22.1. The molecule has 2 aliphatic heterocycles. The molecular formula is C22H22Cl2O7. The minimum Gasteiger partial charge on any atom is -0.491 e. The number of carbonyl (C=O) groups is 1. The Hall–Kier alpha value is -2.51. The summed E-state index contributed by atoms with van der Waals surface area (Å²) < 4.78 is 32.4. The van der Waals surface area contributed by atoms with Crippen LogP contribution in [-0.2, 0) is 22.4 Å². The van der Waals surface area contributed by atoms with Crippen LogP contribution in [0.3, 0.4) is 0 Å². The molecule has 0 aromatic heterocycles. The van der Waals surface area contributed by atoms with Crippen molar-refractivity contribution in [2.24, 2.45) is 11.8 Å². The summed E-state index contributed by atoms with van der Waals surface area (Å²) >= 11 is 13.2. The second kappa shape index (κ2) is 8.93. The molecule has 0 radical (unpaired) electrons. The van der Waals surface area contributed by atoms with Crippen LogP contribution in [0.5, 0.6) is 28.7 Å². The molecule has 9 heteroatoms. The minimum atomic E-state index is -0.428. The quantitative estimate of drug-likeness (QED) is 0.560. The van der Waals surface area contributed by atoms with Crippen molar-refractivity contribution in [3.63, 3.8) is 0 Å². The molecule has 4 rings (SSSR count). The van der Waals surface area contributed by atoms with Crippen LogP contribution < -0.4 is 23.7 Å². The number of halogens is 2. The van der Waals surface area contributed by atoms with Crippen LogP contribution in [0.2, 0.25) is 10.0 Å². The van der Waals surface area contributed by atoms with Crippen LogP contribution in [0.25, 0.3) is 0 Å². The molecule has 0 spiro atoms. The lowest BCUT2D eigenvalue weighted by molar-refractivity contribution is -0.141. The van der Waals surface area contributed by atoms with Crippen molar-refractivity contribution >= 4 is 29.2 Å². The summed E-state index contributed by atoms with van der Waals surface area (Å²) in [6, 6.07) is 5.77. The number of esters is 1. The highest BCUT2D eigenvalue weighted by molar-refractivity contribution is 6.38. The average molecular weight is 469 g/mol. The predicted octanol–water partition coefficient (Wildman–Crippen LogP) is 4.32. The summed E-state index contributed by atoms with van der Waals surface area (Å²) in [6.45, 7) is 0.530. The van der Waals surface area contributed by atoms with Crippen molar-refractivity contribution < 1.29 is 33.2 Å². The lowest BCUT2D eigenvalue weighted by Gasteiger charge is -2.21. The molecule has 2 aliphatic rings. The Labute approximate surface area is 190 Å². The Morgan fingerprint density at radius 2 is 1.55 bits per heavy atom. The zero-order valence-electron chi connectivity index (χ0n) is 17.3. The summed E-state index contributed by atoms with van der Waals surface area (Å²) in [5.41, 5.74) is 1.58. The van der Waals surface area contributed by atoms with Gasteiger partial charge in [0, 0.05) is 5.92 Å². The Bertz CT molecular complexity index is 977. The smallest absolute Gasteiger partial charge is 0.309 e. The molecule has 0 unspecified atom stereocenters. The van der Waals surface area contributed by atoms with E-state index in [2.05, 4.69) is 0 Å². The minimum absolute atomic E-state index is 0.0564. The maximum Gasteiger partial charge on any atom is 0.309 e. The summed E-state index contributed by atoms with van der Waals surface area (Å²) in [6.07, 6.45) is 0.912. The van der Waals surface area contributed by atoms with Gasteiger partial charge in [0.15, 0.2) is 23.0 Å². The number of rotatable bonds is 7. The number of methoxy groups -OCH3 is 3. The van der Waals surface area contributed by atoms with Gasteiger partial charge in [-0.25, -0.2) is 0 Å². The maximum atomic E-state index is 12.6. The van der Waals surface area contributed by atoms with Crippen molar-refractivity contribution in [3.8, 4) is 28.7 Å². The Balaban J connectivity index is 1.63. The van der Waals surface area contributed by atoms with E-state index in [0.29, 0.717) is 41.6 Å². The van der Waals surface area contributed by atoms with E-state index in [0.717, 1.165) is 11.3 Å². The first kappa shape index (κ1) is 21.7. The molecule has 0 aliphatic carbocycles. The maximum absolute atomic E-state index is 12.6. The number of fused-ring (bicyclic) bond motifs is 1. The lowest BCUT2D eigenvalue weighted by atomic mass is 9.84. The fourth-order valence-electron chi connectivity index (χ4n) is 4.05. The van der Waals surface area contributed by atoms with Gasteiger partial charge < -0.3 is 28.4 Å². The standard InChI is InChI=1S/C22H22Cl2O7/c1-26-19-17(23)14(18(24)20(27-2)21(19)28-3)8-13-12(9-29-22(13)25)6-11-4-5-15-16(7-11)31-10-30-15/h4-5,7,12-13H,6,8-10H2,1-3H3/t12-,13+/m0/s1. The van der Waals surface area contributed by atoms with Crippen LogP contribution in [0.15, 0.2) is 18.2 Å². The molecule has 1 fully saturated rings. The van der Waals surface area contributed by atoms with Crippen LogP contribution in [0, 0.1) is 11.8 Å². The molecule has 0 N–H and O–H groups in total. The monoisotopic (exact) mass is 468 g/mol. The van der Waals surface area contributed by atoms with E-state index in [-0.39, 0.29) is 35.1 Å². The van der Waals surface area contributed by atoms with Gasteiger partial charge in [-0.1, -0.05) is 29.3 Å². The topological polar surface area (TPSA) is 72.5 Å². The summed E-state index contributed by atoms with van der Waals surface area (Å²) in [5, 5.41) is 0.568. The second-order valence-corrected chi connectivity index (χ2v) is 8.05. The normalized spacial score (nSPS) is 19.3. The molecule has 0 saturated carbocycles. The highest BCUT2D eigenvalue weighted by Gasteiger charge is 2.39. The van der Waals surface area contributed by atoms with Crippen molar-refractivity contribution in [2.75, 3.05) is 34.7 Å². The van der Waals surface area contributed by atoms with Crippen molar-refractivity contribution in [1.29, 1.82) is 0 Å². The van der Waals surface area contributed by atoms with Gasteiger partial charge in [0.05, 0.1) is 43.9 Å². The molecule has 1 saturated heterocycles. The molecule has 2 heterocycles. The van der Waals surface area contributed by atoms with Gasteiger partial charge in [0.1, 0.15) is 0 Å². The molecule has 2 aromatic rings. The number of ether oxygens (including phenoxy) is 6. The average Bonchev–Trinajstić information content (AvgIpc) is 3.37. The van der Waals surface area contributed by atoms with Crippen molar-refractivity contribution in [1.82, 2.24) is 0 Å². The molecule has 7 nitrogen and oxygen atoms in total. The van der Waals surface area contributed by atoms with Crippen molar-refractivity contribution in [3.05, 3.63) is 39.4 Å². The third kappa shape index (κ3) is 3.92. The van der Waals surface area contributed by atoms with Gasteiger partial charge in [0.25, 0.3) is 0 Å². The van der Waals surface area contributed by atoms with E-state index < -0.39 is 5.92 Å². The van der Waals surface area contributed by atoms with Gasteiger partial charge in [0.2, 0.25) is 12.5 Å². The van der Waals surface area contributed by atoms with E-state index in [4.69, 9.17) is 51.6 Å². The molecule has 2 aromatic carbocycles. The Morgan fingerprint density at radius 1 is 0.903 bits per heavy atom. The molecule has 0 amide bonds. The third-order valence-corrected chi connectivity index (χ3v) is 6.42. The van der Waals surface area contributed by atoms with Gasteiger partial charge in [-0.15, -0.1) is 0 Å². The first-order valence-corrected chi connectivity index (χ1v) is 10.4. The van der Waals surface area contributed by atoms with Gasteiger partial charge >= 0.3 is 5.97 Å². The molecule has 166 valence electrons. The zero-order valence-corrected chi connectivity index (χ0v) is 18.8. The summed E-state index contributed by atoms with van der Waals surface area (Å²) in [7, 11) is 4.43. The van der Waals surface area contributed by atoms with Gasteiger partial charge in [-0.05, 0) is 36.1 Å². The SMILES string of the molecule is COc1c(Cl)c(C[C@H]2C(=O)OC[C@@H]2Cc2ccc3c(c2)OCO3)c(Cl)c(OC)c1OC. The van der Waals surface area contributed by atoms with Gasteiger partial charge in [-0.2, -0.15) is 0 Å². The Kier molecular flexibility index (Phi) is 6.25. The highest BCUT2D eigenvalue weighted by atomic mass is 35.5. The van der Waals surface area contributed by atoms with E-state index in [1.54, 1.807) is 0 Å². The number of cyclic esters (lactones) is 1. The molecule has 2 atom stereocenters. The van der Waals surface area contributed by atoms with Crippen LogP contribution in [-0.4, -0.2) is 40.7 Å². The summed E-state index contributed by atoms with van der Waals surface area (Å²) in [4.78, 5) is 12.6. The largest absolute Gasteiger partial charge is 0.491 e. The van der Waals surface area contributed by atoms with E-state index in [9.17, 15) is 4.79 Å². The highest BCUT2D eigenvalue weighted by Crippen LogP contribution is 2.51. The first-order valence-electron chi connectivity index (χ1n) is 9.69. The molecule has 0 bridgehead atoms. The predicted molar refractivity (Wildman–Crippen MR) is 114 cm³/mol. The first-order chi connectivity index (χ1) is 15.0. The van der Waals surface area contributed by atoms with Crippen LogP contribution >= 0.6 is 23.2 Å². The van der Waals surface area contributed by atoms with Crippen LogP contribution in [0.4, 0.5) is 0 Å². The number of benzene rings is 2. The third-order valence-electron chi connectivity index (χ3n) is 5.62. The number of carbonyl (C=O) groups excluding carboxylic acids is 1. The fourth-order valence-corrected chi connectivity index (χ4v) is 4.77. The van der Waals surface area contributed by atoms with Crippen LogP contribution in [0.1, 0.15) is 11.1 Å². The number of hydrogen-bond acceptors (Lipinski definition) is 7. The number of hydrogen-bond donors (Lipinski definition) is 0. The van der Waals surface area contributed by atoms with E-state index in [1.807, 2.05) is 18.2 Å². The van der Waals surface area contributed by atoms with Gasteiger partial charge in [-0.3, -0.25) is 4.79 Å². The fraction of sp³-hybridized carbons (Fsp3) is 0.409. The van der Waals surface area contributed by atoms with E-state index >= 15 is 0 Å². The Morgan fingerprint density at radius 3 is 2.19 bits per heavy atom. The second-order valence-electron chi connectivity index (χ2n) is 7.30.